The number of carbonyl (C=O) groups excluding carboxylic acids is 2. The Morgan fingerprint density at radius 1 is 1.23 bits per heavy atom. The van der Waals surface area contributed by atoms with Crippen LogP contribution in [-0.4, -0.2) is 29.0 Å². The van der Waals surface area contributed by atoms with E-state index in [-0.39, 0.29) is 18.2 Å². The summed E-state index contributed by atoms with van der Waals surface area (Å²) in [5.41, 5.74) is 1.86. The number of nitrogens with one attached hydrogen (secondary N) is 2. The summed E-state index contributed by atoms with van der Waals surface area (Å²) in [6.45, 7) is 1.80. The van der Waals surface area contributed by atoms with Crippen molar-refractivity contribution in [3.05, 3.63) is 52.7 Å². The molecule has 3 rings (SSSR count). The molecule has 134 valence electrons. The number of aryl methyl sites for hydroxylation is 1. The predicted octanol–water partition coefficient (Wildman–Crippen LogP) is 3.04. The van der Waals surface area contributed by atoms with Crippen LogP contribution in [0.5, 0.6) is 0 Å². The number of carbonyl (C=O) groups is 2. The number of benzene rings is 1. The van der Waals surface area contributed by atoms with Crippen LogP contribution in [0.1, 0.15) is 28.2 Å². The highest BCUT2D eigenvalue weighted by Gasteiger charge is 2.14. The Morgan fingerprint density at radius 3 is 2.81 bits per heavy atom. The lowest BCUT2D eigenvalue weighted by Gasteiger charge is -2.11. The third kappa shape index (κ3) is 3.97. The molecule has 0 saturated carbocycles. The van der Waals surface area contributed by atoms with Crippen LogP contribution in [0.25, 0.3) is 10.7 Å². The number of aromatic nitrogens is 2. The van der Waals surface area contributed by atoms with E-state index in [2.05, 4.69) is 20.8 Å². The summed E-state index contributed by atoms with van der Waals surface area (Å²) < 4.78 is 5.19. The minimum atomic E-state index is -0.189. The van der Waals surface area contributed by atoms with E-state index in [1.807, 2.05) is 17.5 Å². The van der Waals surface area contributed by atoms with Gasteiger partial charge in [-0.15, -0.1) is 11.3 Å². The van der Waals surface area contributed by atoms with Crippen molar-refractivity contribution in [1.29, 1.82) is 0 Å². The van der Waals surface area contributed by atoms with Crippen LogP contribution in [0.2, 0.25) is 0 Å². The fourth-order valence-electron chi connectivity index (χ4n) is 2.45. The van der Waals surface area contributed by atoms with E-state index in [4.69, 9.17) is 4.52 Å². The fraction of sp³-hybridized carbons (Fsp3) is 0.222. The summed E-state index contributed by atoms with van der Waals surface area (Å²) in [4.78, 5) is 29.3. The highest BCUT2D eigenvalue weighted by Crippen LogP contribution is 2.22. The monoisotopic (exact) mass is 370 g/mol. The Morgan fingerprint density at radius 2 is 2.08 bits per heavy atom. The van der Waals surface area contributed by atoms with Crippen molar-refractivity contribution >= 4 is 28.8 Å². The maximum absolute atomic E-state index is 12.2. The van der Waals surface area contributed by atoms with E-state index < -0.39 is 0 Å². The van der Waals surface area contributed by atoms with Gasteiger partial charge in [-0.2, -0.15) is 4.98 Å². The number of hydrogen-bond donors (Lipinski definition) is 2. The molecule has 2 N–H and O–H groups in total. The molecule has 0 aliphatic heterocycles. The zero-order valence-corrected chi connectivity index (χ0v) is 15.2. The average Bonchev–Trinajstić information content (AvgIpc) is 3.32. The van der Waals surface area contributed by atoms with Crippen LogP contribution < -0.4 is 10.6 Å². The number of rotatable bonds is 6. The zero-order valence-electron chi connectivity index (χ0n) is 14.4. The molecule has 0 radical (unpaired) electrons. The SMILES string of the molecule is CNC(=O)c1cccc(NC(=O)CCc2nc(-c3cccs3)no2)c1C. The Hall–Kier alpha value is -3.00. The summed E-state index contributed by atoms with van der Waals surface area (Å²) in [7, 11) is 1.57. The van der Waals surface area contributed by atoms with Crippen molar-refractivity contribution in [2.75, 3.05) is 12.4 Å². The average molecular weight is 370 g/mol. The number of hydrogen-bond acceptors (Lipinski definition) is 6. The first-order valence-electron chi connectivity index (χ1n) is 8.06. The van der Waals surface area contributed by atoms with Crippen molar-refractivity contribution in [3.63, 3.8) is 0 Å². The van der Waals surface area contributed by atoms with E-state index >= 15 is 0 Å². The second-order valence-corrected chi connectivity index (χ2v) is 6.54. The van der Waals surface area contributed by atoms with Crippen molar-refractivity contribution in [3.8, 4) is 10.7 Å². The van der Waals surface area contributed by atoms with Crippen LogP contribution >= 0.6 is 11.3 Å². The predicted molar refractivity (Wildman–Crippen MR) is 99.1 cm³/mol. The van der Waals surface area contributed by atoms with Gasteiger partial charge < -0.3 is 15.2 Å². The van der Waals surface area contributed by atoms with E-state index in [1.54, 1.807) is 32.2 Å². The quantitative estimate of drug-likeness (QED) is 0.695. The Bertz CT molecular complexity index is 918. The topological polar surface area (TPSA) is 97.1 Å². The van der Waals surface area contributed by atoms with Crippen LogP contribution in [0, 0.1) is 6.92 Å². The van der Waals surface area contributed by atoms with E-state index in [1.165, 1.54) is 11.3 Å². The van der Waals surface area contributed by atoms with Gasteiger partial charge in [0.15, 0.2) is 0 Å². The van der Waals surface area contributed by atoms with Crippen LogP contribution in [0.15, 0.2) is 40.2 Å². The standard InChI is InChI=1S/C18H18N4O3S/c1-11-12(18(24)19-2)5-3-6-13(11)20-15(23)8-9-16-21-17(22-25-16)14-7-4-10-26-14/h3-7,10H,8-9H2,1-2H3,(H,19,24)(H,20,23). The summed E-state index contributed by atoms with van der Waals surface area (Å²) in [6, 6.07) is 9.04. The van der Waals surface area contributed by atoms with Crippen molar-refractivity contribution in [2.24, 2.45) is 0 Å². The van der Waals surface area contributed by atoms with E-state index in [9.17, 15) is 9.59 Å². The molecule has 2 amide bonds. The summed E-state index contributed by atoms with van der Waals surface area (Å²) in [5.74, 6) is 0.576. The first-order valence-corrected chi connectivity index (χ1v) is 8.94. The highest BCUT2D eigenvalue weighted by atomic mass is 32.1. The Kier molecular flexibility index (Phi) is 5.43. The smallest absolute Gasteiger partial charge is 0.251 e. The lowest BCUT2D eigenvalue weighted by molar-refractivity contribution is -0.116. The minimum absolute atomic E-state index is 0.182. The van der Waals surface area contributed by atoms with Crippen LogP contribution in [0.3, 0.4) is 0 Å². The Balaban J connectivity index is 1.61. The molecule has 0 fully saturated rings. The third-order valence-corrected chi connectivity index (χ3v) is 4.72. The van der Waals surface area contributed by atoms with Gasteiger partial charge in [0.2, 0.25) is 17.6 Å². The van der Waals surface area contributed by atoms with Crippen molar-refractivity contribution in [1.82, 2.24) is 15.5 Å². The first kappa shape index (κ1) is 17.8. The molecule has 0 saturated heterocycles. The number of nitrogens with zero attached hydrogens (tertiary/aromatic N) is 2. The molecule has 7 nitrogen and oxygen atoms in total. The van der Waals surface area contributed by atoms with Crippen molar-refractivity contribution in [2.45, 2.75) is 19.8 Å². The summed E-state index contributed by atoms with van der Waals surface area (Å²) >= 11 is 1.53. The fourth-order valence-corrected chi connectivity index (χ4v) is 3.10. The molecule has 0 aliphatic carbocycles. The molecule has 3 aromatic rings. The molecular weight excluding hydrogens is 352 g/mol. The van der Waals surface area contributed by atoms with Gasteiger partial charge in [-0.25, -0.2) is 0 Å². The second-order valence-electron chi connectivity index (χ2n) is 5.59. The molecule has 0 bridgehead atoms. The first-order chi connectivity index (χ1) is 12.6. The lowest BCUT2D eigenvalue weighted by Crippen LogP contribution is -2.20. The largest absolute Gasteiger partial charge is 0.355 e. The minimum Gasteiger partial charge on any atom is -0.355 e. The van der Waals surface area contributed by atoms with Gasteiger partial charge in [0, 0.05) is 31.1 Å². The lowest BCUT2D eigenvalue weighted by atomic mass is 10.1. The van der Waals surface area contributed by atoms with Gasteiger partial charge in [-0.05, 0) is 36.1 Å². The van der Waals surface area contributed by atoms with Gasteiger partial charge in [-0.3, -0.25) is 9.59 Å². The molecule has 26 heavy (non-hydrogen) atoms. The van der Waals surface area contributed by atoms with Gasteiger partial charge >= 0.3 is 0 Å². The molecule has 0 atom stereocenters. The molecule has 0 aliphatic rings. The van der Waals surface area contributed by atoms with E-state index in [0.29, 0.717) is 29.4 Å². The molecule has 1 aromatic carbocycles. The molecule has 0 unspecified atom stereocenters. The maximum Gasteiger partial charge on any atom is 0.251 e. The van der Waals surface area contributed by atoms with Crippen LogP contribution in [0.4, 0.5) is 5.69 Å². The van der Waals surface area contributed by atoms with Crippen molar-refractivity contribution < 1.29 is 14.1 Å². The number of thiophene rings is 1. The third-order valence-electron chi connectivity index (χ3n) is 3.86. The molecule has 2 heterocycles. The van der Waals surface area contributed by atoms with Crippen LogP contribution in [-0.2, 0) is 11.2 Å². The van der Waals surface area contributed by atoms with Gasteiger partial charge in [0.05, 0.1) is 4.88 Å². The number of anilines is 1. The number of amides is 2. The Labute approximate surface area is 154 Å². The van der Waals surface area contributed by atoms with E-state index in [0.717, 1.165) is 10.4 Å². The molecular formula is C18H18N4O3S. The molecule has 2 aromatic heterocycles. The molecule has 0 spiro atoms. The summed E-state index contributed by atoms with van der Waals surface area (Å²) in [6.07, 6.45) is 0.550. The normalized spacial score (nSPS) is 10.5. The van der Waals surface area contributed by atoms with Gasteiger partial charge in [0.1, 0.15) is 0 Å². The maximum atomic E-state index is 12.2. The highest BCUT2D eigenvalue weighted by molar-refractivity contribution is 7.13. The second kappa shape index (κ2) is 7.92. The van der Waals surface area contributed by atoms with Gasteiger partial charge in [0.25, 0.3) is 5.91 Å². The summed E-state index contributed by atoms with van der Waals surface area (Å²) in [5, 5.41) is 11.3. The zero-order chi connectivity index (χ0) is 18.5. The van der Waals surface area contributed by atoms with Gasteiger partial charge in [-0.1, -0.05) is 17.3 Å². The molecule has 8 heteroatoms.